The van der Waals surface area contributed by atoms with Crippen LogP contribution in [0.5, 0.6) is 0 Å². The van der Waals surface area contributed by atoms with Gasteiger partial charge >= 0.3 is 0 Å². The molecule has 4 nitrogen and oxygen atoms in total. The highest BCUT2D eigenvalue weighted by atomic mass is 15.1. The van der Waals surface area contributed by atoms with Gasteiger partial charge in [-0.25, -0.2) is 0 Å². The number of piperidine rings is 1. The van der Waals surface area contributed by atoms with Crippen LogP contribution in [0.3, 0.4) is 0 Å². The van der Waals surface area contributed by atoms with E-state index in [1.165, 1.54) is 5.56 Å². The third kappa shape index (κ3) is 5.37. The van der Waals surface area contributed by atoms with Crippen LogP contribution in [0.1, 0.15) is 57.4 Å². The second-order valence-corrected chi connectivity index (χ2v) is 9.90. The van der Waals surface area contributed by atoms with E-state index in [0.717, 1.165) is 47.4 Å². The average Bonchev–Trinajstić information content (AvgIpc) is 2.64. The average molecular weight is 405 g/mol. The van der Waals surface area contributed by atoms with Crippen LogP contribution in [0, 0.1) is 12.8 Å². The number of allylic oxidation sites excluding steroid dienone is 2. The molecule has 0 bridgehead atoms. The quantitative estimate of drug-likeness (QED) is 0.642. The van der Waals surface area contributed by atoms with Crippen molar-refractivity contribution >= 4 is 5.57 Å². The molecule has 1 aromatic heterocycles. The number of benzene rings is 1. The molecule has 3 rings (SSSR count). The maximum Gasteiger partial charge on any atom is 0.0932 e. The summed E-state index contributed by atoms with van der Waals surface area (Å²) >= 11 is 0. The molecule has 1 saturated heterocycles. The smallest absolute Gasteiger partial charge is 0.0932 e. The third-order valence-corrected chi connectivity index (χ3v) is 5.85. The van der Waals surface area contributed by atoms with E-state index in [4.69, 9.17) is 0 Å². The van der Waals surface area contributed by atoms with E-state index in [1.54, 1.807) is 0 Å². The second kappa shape index (κ2) is 8.73. The summed E-state index contributed by atoms with van der Waals surface area (Å²) in [6.07, 6.45) is 7.12. The molecular formula is C26H36N4. The van der Waals surface area contributed by atoms with E-state index in [1.807, 2.05) is 19.3 Å². The molecule has 0 radical (unpaired) electrons. The monoisotopic (exact) mass is 404 g/mol. The first kappa shape index (κ1) is 22.2. The Morgan fingerprint density at radius 3 is 2.37 bits per heavy atom. The Morgan fingerprint density at radius 2 is 1.83 bits per heavy atom. The summed E-state index contributed by atoms with van der Waals surface area (Å²) in [6.45, 7) is 15.2. The normalized spacial score (nSPS) is 18.8. The van der Waals surface area contributed by atoms with E-state index < -0.39 is 0 Å². The van der Waals surface area contributed by atoms with Gasteiger partial charge in [-0.2, -0.15) is 10.2 Å². The topological polar surface area (TPSA) is 49.8 Å². The van der Waals surface area contributed by atoms with Gasteiger partial charge in [0.25, 0.3) is 0 Å². The molecule has 1 aliphatic rings. The molecule has 0 amide bonds. The van der Waals surface area contributed by atoms with Crippen LogP contribution in [0.25, 0.3) is 16.8 Å². The Kier molecular flexibility index (Phi) is 6.47. The zero-order valence-corrected chi connectivity index (χ0v) is 19.3. The van der Waals surface area contributed by atoms with Crippen molar-refractivity contribution < 1.29 is 0 Å². The molecule has 30 heavy (non-hydrogen) atoms. The Morgan fingerprint density at radius 1 is 1.13 bits per heavy atom. The molecular weight excluding hydrogens is 368 g/mol. The predicted molar refractivity (Wildman–Crippen MR) is 127 cm³/mol. The van der Waals surface area contributed by atoms with Gasteiger partial charge in [0, 0.05) is 29.9 Å². The van der Waals surface area contributed by atoms with Crippen LogP contribution in [-0.4, -0.2) is 28.3 Å². The lowest BCUT2D eigenvalue weighted by molar-refractivity contribution is 0.128. The maximum absolute atomic E-state index is 4.58. The number of hydrogen-bond donors (Lipinski definition) is 2. The SMILES string of the molecule is C=C/C(=C\NC)c1ccc(-c2ccc(CC3CC(C)(C)NC(C)(C)C3)nn2)c(C)c1. The Bertz CT molecular complexity index is 907. The first-order valence-electron chi connectivity index (χ1n) is 10.9. The fraction of sp³-hybridized carbons (Fsp3) is 0.462. The van der Waals surface area contributed by atoms with E-state index in [-0.39, 0.29) is 11.1 Å². The van der Waals surface area contributed by atoms with Crippen LogP contribution in [-0.2, 0) is 6.42 Å². The largest absolute Gasteiger partial charge is 0.393 e. The zero-order valence-electron chi connectivity index (χ0n) is 19.3. The van der Waals surface area contributed by atoms with Crippen LogP contribution in [0.2, 0.25) is 0 Å². The summed E-state index contributed by atoms with van der Waals surface area (Å²) in [7, 11) is 1.90. The van der Waals surface area contributed by atoms with E-state index >= 15 is 0 Å². The lowest BCUT2D eigenvalue weighted by atomic mass is 9.74. The maximum atomic E-state index is 4.58. The van der Waals surface area contributed by atoms with Crippen molar-refractivity contribution in [2.75, 3.05) is 7.05 Å². The fourth-order valence-electron chi connectivity index (χ4n) is 5.13. The van der Waals surface area contributed by atoms with Crippen LogP contribution >= 0.6 is 0 Å². The highest BCUT2D eigenvalue weighted by Gasteiger charge is 2.37. The van der Waals surface area contributed by atoms with Gasteiger partial charge in [0.2, 0.25) is 0 Å². The standard InChI is InChI=1S/C26H36N4/c1-8-20(17-27-7)21-9-11-23(18(2)13-21)24-12-10-22(28-29-24)14-19-15-25(3,4)30-26(5,6)16-19/h8-13,17,19,27,30H,1,14-16H2,2-7H3/b20-17+. The van der Waals surface area contributed by atoms with Crippen molar-refractivity contribution in [2.45, 2.75) is 65.0 Å². The van der Waals surface area contributed by atoms with Gasteiger partial charge in [-0.05, 0) is 88.6 Å². The van der Waals surface area contributed by atoms with Crippen molar-refractivity contribution in [3.63, 3.8) is 0 Å². The minimum absolute atomic E-state index is 0.157. The highest BCUT2D eigenvalue weighted by molar-refractivity contribution is 5.76. The molecule has 0 aliphatic carbocycles. The molecule has 4 heteroatoms. The number of hydrogen-bond acceptors (Lipinski definition) is 4. The summed E-state index contributed by atoms with van der Waals surface area (Å²) in [5, 5.41) is 16.0. The van der Waals surface area contributed by atoms with Gasteiger partial charge in [-0.3, -0.25) is 0 Å². The zero-order chi connectivity index (χ0) is 21.9. The Hall–Kier alpha value is -2.46. The number of nitrogens with one attached hydrogen (secondary N) is 2. The number of nitrogens with zero attached hydrogens (tertiary/aromatic N) is 2. The Labute approximate surface area is 181 Å². The molecule has 2 heterocycles. The first-order chi connectivity index (χ1) is 14.1. The molecule has 1 aromatic carbocycles. The molecule has 1 fully saturated rings. The molecule has 2 N–H and O–H groups in total. The van der Waals surface area contributed by atoms with Crippen LogP contribution in [0.4, 0.5) is 0 Å². The highest BCUT2D eigenvalue weighted by Crippen LogP contribution is 2.34. The van der Waals surface area contributed by atoms with Crippen LogP contribution in [0.15, 0.2) is 49.2 Å². The van der Waals surface area contributed by atoms with Crippen molar-refractivity contribution in [3.05, 3.63) is 66.0 Å². The summed E-state index contributed by atoms with van der Waals surface area (Å²) < 4.78 is 0. The fourth-order valence-corrected chi connectivity index (χ4v) is 5.13. The van der Waals surface area contributed by atoms with Crippen LogP contribution < -0.4 is 10.6 Å². The van der Waals surface area contributed by atoms with Gasteiger partial charge in [-0.1, -0.05) is 30.9 Å². The van der Waals surface area contributed by atoms with E-state index in [0.29, 0.717) is 5.92 Å². The lowest BCUT2D eigenvalue weighted by Crippen LogP contribution is -2.58. The lowest BCUT2D eigenvalue weighted by Gasteiger charge is -2.46. The minimum Gasteiger partial charge on any atom is -0.393 e. The van der Waals surface area contributed by atoms with Crippen molar-refractivity contribution in [1.29, 1.82) is 0 Å². The van der Waals surface area contributed by atoms with Gasteiger partial charge in [0.15, 0.2) is 0 Å². The summed E-state index contributed by atoms with van der Waals surface area (Å²) in [5.74, 6) is 0.619. The van der Waals surface area contributed by atoms with Crippen molar-refractivity contribution in [3.8, 4) is 11.3 Å². The molecule has 0 saturated carbocycles. The third-order valence-electron chi connectivity index (χ3n) is 5.85. The Balaban J connectivity index is 1.76. The van der Waals surface area contributed by atoms with Gasteiger partial charge in [-0.15, -0.1) is 0 Å². The number of aromatic nitrogens is 2. The molecule has 1 aliphatic heterocycles. The van der Waals surface area contributed by atoms with E-state index in [2.05, 4.69) is 92.4 Å². The van der Waals surface area contributed by atoms with Gasteiger partial charge in [0.05, 0.1) is 11.4 Å². The predicted octanol–water partition coefficient (Wildman–Crippen LogP) is 5.30. The molecule has 0 unspecified atom stereocenters. The minimum atomic E-state index is 0.157. The molecule has 160 valence electrons. The molecule has 0 spiro atoms. The number of aryl methyl sites for hydroxylation is 1. The van der Waals surface area contributed by atoms with E-state index in [9.17, 15) is 0 Å². The molecule has 0 atom stereocenters. The van der Waals surface area contributed by atoms with Crippen molar-refractivity contribution in [1.82, 2.24) is 20.8 Å². The second-order valence-electron chi connectivity index (χ2n) is 9.90. The molecule has 2 aromatic rings. The van der Waals surface area contributed by atoms with Gasteiger partial charge in [0.1, 0.15) is 0 Å². The van der Waals surface area contributed by atoms with Gasteiger partial charge < -0.3 is 10.6 Å². The van der Waals surface area contributed by atoms with Crippen molar-refractivity contribution in [2.24, 2.45) is 5.92 Å². The summed E-state index contributed by atoms with van der Waals surface area (Å²) in [5.41, 5.74) is 6.83. The first-order valence-corrected chi connectivity index (χ1v) is 10.9. The number of rotatable bonds is 6. The summed E-state index contributed by atoms with van der Waals surface area (Å²) in [4.78, 5) is 0. The summed E-state index contributed by atoms with van der Waals surface area (Å²) in [6, 6.07) is 10.7.